The fourth-order valence-electron chi connectivity index (χ4n) is 3.33. The number of aromatic nitrogens is 4. The van der Waals surface area contributed by atoms with Crippen molar-refractivity contribution in [3.63, 3.8) is 0 Å². The van der Waals surface area contributed by atoms with E-state index in [9.17, 15) is 30.4 Å². The molecule has 0 N–H and O–H groups in total. The Morgan fingerprint density at radius 3 is 2.21 bits per heavy atom. The molecule has 0 aliphatic rings. The molecule has 0 aliphatic heterocycles. The lowest BCUT2D eigenvalue weighted by atomic mass is 10.1. The summed E-state index contributed by atoms with van der Waals surface area (Å²) in [6, 6.07) is 4.75. The van der Waals surface area contributed by atoms with Crippen molar-refractivity contribution in [2.75, 3.05) is 5.75 Å². The van der Waals surface area contributed by atoms with Gasteiger partial charge in [-0.15, -0.1) is 0 Å². The van der Waals surface area contributed by atoms with Gasteiger partial charge in [-0.05, 0) is 29.8 Å². The van der Waals surface area contributed by atoms with E-state index in [1.165, 1.54) is 30.8 Å². The number of rotatable bonds is 4. The van der Waals surface area contributed by atoms with Crippen LogP contribution in [0, 0.1) is 11.6 Å². The molecule has 0 saturated heterocycles. The first-order chi connectivity index (χ1) is 15.4. The normalized spacial score (nSPS) is 12.5. The van der Waals surface area contributed by atoms with Crippen LogP contribution in [0.5, 0.6) is 0 Å². The Bertz CT molecular complexity index is 1480. The molecule has 3 heterocycles. The second-order valence-corrected chi connectivity index (χ2v) is 9.44. The van der Waals surface area contributed by atoms with Crippen molar-refractivity contribution in [2.24, 2.45) is 7.05 Å². The molecule has 0 radical (unpaired) electrons. The van der Waals surface area contributed by atoms with E-state index in [1.54, 1.807) is 0 Å². The van der Waals surface area contributed by atoms with Crippen LogP contribution < -0.4 is 0 Å². The maximum absolute atomic E-state index is 13.7. The monoisotopic (exact) mass is 482 g/mol. The predicted molar refractivity (Wildman–Crippen MR) is 110 cm³/mol. The summed E-state index contributed by atoms with van der Waals surface area (Å²) in [5, 5.41) is 0. The zero-order chi connectivity index (χ0) is 24.1. The lowest BCUT2D eigenvalue weighted by molar-refractivity contribution is -0.137. The molecule has 3 aromatic heterocycles. The zero-order valence-corrected chi connectivity index (χ0v) is 18.0. The lowest BCUT2D eigenvalue weighted by Crippen LogP contribution is -2.09. The molecule has 172 valence electrons. The van der Waals surface area contributed by atoms with Gasteiger partial charge >= 0.3 is 6.18 Å². The molecule has 33 heavy (non-hydrogen) atoms. The second kappa shape index (κ2) is 7.87. The van der Waals surface area contributed by atoms with Crippen LogP contribution in [0.3, 0.4) is 0 Å². The van der Waals surface area contributed by atoms with Crippen LogP contribution in [0.4, 0.5) is 22.0 Å². The minimum Gasteiger partial charge on any atom is -0.310 e. The highest BCUT2D eigenvalue weighted by Crippen LogP contribution is 2.34. The van der Waals surface area contributed by atoms with Gasteiger partial charge in [0.05, 0.1) is 16.2 Å². The number of imidazole rings is 1. The van der Waals surface area contributed by atoms with E-state index < -0.39 is 33.2 Å². The van der Waals surface area contributed by atoms with E-state index in [0.29, 0.717) is 12.3 Å². The Morgan fingerprint density at radius 2 is 1.61 bits per heavy atom. The standard InChI is InChI=1S/C21H15F5N4O2S/c1-3-33(31,32)17-6-12(11-4-14(22)8-15(23)5-11)9-27-18(17)20-29-16-7-13(21(24,25)26)10-28-19(16)30(20)2/h4-10H,3H2,1-2H3. The van der Waals surface area contributed by atoms with Crippen molar-refractivity contribution in [1.29, 1.82) is 0 Å². The Balaban J connectivity index is 1.95. The van der Waals surface area contributed by atoms with Gasteiger partial charge < -0.3 is 4.57 Å². The first-order valence-electron chi connectivity index (χ1n) is 9.50. The first-order valence-corrected chi connectivity index (χ1v) is 11.1. The highest BCUT2D eigenvalue weighted by atomic mass is 32.2. The Kier molecular flexibility index (Phi) is 5.43. The molecule has 0 saturated carbocycles. The maximum atomic E-state index is 13.7. The molecule has 0 atom stereocenters. The van der Waals surface area contributed by atoms with E-state index in [4.69, 9.17) is 0 Å². The number of halogens is 5. The topological polar surface area (TPSA) is 77.7 Å². The van der Waals surface area contributed by atoms with Gasteiger partial charge in [0.1, 0.15) is 22.8 Å². The third-order valence-corrected chi connectivity index (χ3v) is 6.75. The quantitative estimate of drug-likeness (QED) is 0.391. The minimum absolute atomic E-state index is 0.0270. The molecule has 4 aromatic rings. The summed E-state index contributed by atoms with van der Waals surface area (Å²) in [7, 11) is -2.45. The van der Waals surface area contributed by atoms with Crippen molar-refractivity contribution in [1.82, 2.24) is 19.5 Å². The summed E-state index contributed by atoms with van der Waals surface area (Å²) >= 11 is 0. The van der Waals surface area contributed by atoms with Gasteiger partial charge in [0, 0.05) is 31.1 Å². The van der Waals surface area contributed by atoms with E-state index in [0.717, 1.165) is 18.2 Å². The lowest BCUT2D eigenvalue weighted by Gasteiger charge is -2.11. The van der Waals surface area contributed by atoms with Gasteiger partial charge in [0.15, 0.2) is 21.3 Å². The molecular weight excluding hydrogens is 467 g/mol. The summed E-state index contributed by atoms with van der Waals surface area (Å²) in [6.07, 6.45) is -2.76. The van der Waals surface area contributed by atoms with Gasteiger partial charge in [-0.1, -0.05) is 6.92 Å². The molecule has 0 spiro atoms. The number of alkyl halides is 3. The summed E-state index contributed by atoms with van der Waals surface area (Å²) in [6.45, 7) is 1.40. The van der Waals surface area contributed by atoms with E-state index in [1.807, 2.05) is 0 Å². The van der Waals surface area contributed by atoms with Gasteiger partial charge in [-0.2, -0.15) is 13.2 Å². The molecule has 0 unspecified atom stereocenters. The number of fused-ring (bicyclic) bond motifs is 1. The SMILES string of the molecule is CCS(=O)(=O)c1cc(-c2cc(F)cc(F)c2)cnc1-c1nc2cc(C(F)(F)F)cnc2n1C. The maximum Gasteiger partial charge on any atom is 0.417 e. The predicted octanol–water partition coefficient (Wildman–Crippen LogP) is 4.79. The van der Waals surface area contributed by atoms with E-state index >= 15 is 0 Å². The average Bonchev–Trinajstić information content (AvgIpc) is 3.08. The fourth-order valence-corrected chi connectivity index (χ4v) is 4.38. The Hall–Kier alpha value is -3.41. The van der Waals surface area contributed by atoms with Crippen LogP contribution in [0.2, 0.25) is 0 Å². The van der Waals surface area contributed by atoms with Crippen LogP contribution in [-0.4, -0.2) is 33.7 Å². The highest BCUT2D eigenvalue weighted by molar-refractivity contribution is 7.91. The second-order valence-electron chi connectivity index (χ2n) is 7.19. The summed E-state index contributed by atoms with van der Waals surface area (Å²) in [5.41, 5.74) is -0.916. The third-order valence-electron chi connectivity index (χ3n) is 5.01. The molecule has 4 rings (SSSR count). The minimum atomic E-state index is -4.63. The molecular formula is C21H15F5N4O2S. The van der Waals surface area contributed by atoms with Crippen molar-refractivity contribution in [3.8, 4) is 22.6 Å². The number of nitrogens with zero attached hydrogens (tertiary/aromatic N) is 4. The van der Waals surface area contributed by atoms with E-state index in [-0.39, 0.29) is 44.5 Å². The van der Waals surface area contributed by atoms with Crippen molar-refractivity contribution in [2.45, 2.75) is 18.0 Å². The Labute approximate surface area is 184 Å². The number of hydrogen-bond donors (Lipinski definition) is 0. The summed E-state index contributed by atoms with van der Waals surface area (Å²) in [4.78, 5) is 11.9. The van der Waals surface area contributed by atoms with Crippen LogP contribution in [-0.2, 0) is 23.1 Å². The number of benzene rings is 1. The van der Waals surface area contributed by atoms with Crippen LogP contribution >= 0.6 is 0 Å². The fraction of sp³-hybridized carbons (Fsp3) is 0.190. The van der Waals surface area contributed by atoms with Crippen LogP contribution in [0.1, 0.15) is 12.5 Å². The van der Waals surface area contributed by atoms with Gasteiger partial charge in [-0.3, -0.25) is 4.98 Å². The third kappa shape index (κ3) is 4.17. The van der Waals surface area contributed by atoms with E-state index in [2.05, 4.69) is 15.0 Å². The van der Waals surface area contributed by atoms with Crippen molar-refractivity contribution >= 4 is 21.0 Å². The van der Waals surface area contributed by atoms with Gasteiger partial charge in [0.2, 0.25) is 0 Å². The van der Waals surface area contributed by atoms with Crippen molar-refractivity contribution < 1.29 is 30.4 Å². The van der Waals surface area contributed by atoms with Crippen LogP contribution in [0.15, 0.2) is 47.6 Å². The number of pyridine rings is 2. The zero-order valence-electron chi connectivity index (χ0n) is 17.2. The molecule has 1 aromatic carbocycles. The van der Waals surface area contributed by atoms with Gasteiger partial charge in [0.25, 0.3) is 0 Å². The summed E-state index contributed by atoms with van der Waals surface area (Å²) < 4.78 is 93.5. The molecule has 6 nitrogen and oxygen atoms in total. The molecule has 0 bridgehead atoms. The molecule has 12 heteroatoms. The largest absolute Gasteiger partial charge is 0.417 e. The average molecular weight is 482 g/mol. The number of sulfone groups is 1. The Morgan fingerprint density at radius 1 is 0.939 bits per heavy atom. The molecule has 0 amide bonds. The molecule has 0 fully saturated rings. The molecule has 0 aliphatic carbocycles. The highest BCUT2D eigenvalue weighted by Gasteiger charge is 2.32. The van der Waals surface area contributed by atoms with Gasteiger partial charge in [-0.25, -0.2) is 27.2 Å². The van der Waals surface area contributed by atoms with Crippen LogP contribution in [0.25, 0.3) is 33.8 Å². The first kappa shape index (κ1) is 22.8. The number of aryl methyl sites for hydroxylation is 1. The summed E-state index contributed by atoms with van der Waals surface area (Å²) in [5.74, 6) is -2.05. The van der Waals surface area contributed by atoms with Crippen molar-refractivity contribution in [3.05, 3.63) is 59.9 Å². The number of hydrogen-bond acceptors (Lipinski definition) is 5. The smallest absolute Gasteiger partial charge is 0.310 e.